The standard InChI is InChI=1S/C18H22N4O4/c1-12(2)8-14(18(25)26)21-16(23)10-20-17(24)15-9-19-11-22(15)13-6-4-3-5-7-13/h3-7,9,11-12,14H,8,10H2,1-2H3,(H,20,24)(H,21,23)(H,25,26)/t14-/m0/s1. The first-order chi connectivity index (χ1) is 12.4. The van der Waals surface area contributed by atoms with Gasteiger partial charge in [0.15, 0.2) is 0 Å². The highest BCUT2D eigenvalue weighted by atomic mass is 16.4. The van der Waals surface area contributed by atoms with Gasteiger partial charge in [0.05, 0.1) is 19.1 Å². The van der Waals surface area contributed by atoms with Crippen LogP contribution in [-0.2, 0) is 9.59 Å². The Morgan fingerprint density at radius 2 is 1.88 bits per heavy atom. The summed E-state index contributed by atoms with van der Waals surface area (Å²) >= 11 is 0. The van der Waals surface area contributed by atoms with Crippen molar-refractivity contribution in [2.45, 2.75) is 26.3 Å². The molecule has 0 aliphatic carbocycles. The van der Waals surface area contributed by atoms with Crippen LogP contribution in [0.25, 0.3) is 5.69 Å². The van der Waals surface area contributed by atoms with Crippen molar-refractivity contribution >= 4 is 17.8 Å². The predicted molar refractivity (Wildman–Crippen MR) is 94.9 cm³/mol. The van der Waals surface area contributed by atoms with E-state index in [1.807, 2.05) is 44.2 Å². The normalized spacial score (nSPS) is 11.8. The zero-order valence-electron chi connectivity index (χ0n) is 14.7. The van der Waals surface area contributed by atoms with E-state index >= 15 is 0 Å². The van der Waals surface area contributed by atoms with Gasteiger partial charge < -0.3 is 15.7 Å². The zero-order chi connectivity index (χ0) is 19.1. The number of aliphatic carboxylic acids is 1. The molecule has 0 radical (unpaired) electrons. The van der Waals surface area contributed by atoms with Crippen LogP contribution in [0.2, 0.25) is 0 Å². The van der Waals surface area contributed by atoms with E-state index in [0.717, 1.165) is 5.69 Å². The van der Waals surface area contributed by atoms with Gasteiger partial charge in [-0.25, -0.2) is 9.78 Å². The van der Waals surface area contributed by atoms with E-state index in [2.05, 4.69) is 15.6 Å². The number of aromatic nitrogens is 2. The number of nitrogens with zero attached hydrogens (tertiary/aromatic N) is 2. The summed E-state index contributed by atoms with van der Waals surface area (Å²) in [7, 11) is 0. The Bertz CT molecular complexity index is 771. The van der Waals surface area contributed by atoms with Gasteiger partial charge in [0.25, 0.3) is 5.91 Å². The molecule has 8 heteroatoms. The van der Waals surface area contributed by atoms with Gasteiger partial charge in [0, 0.05) is 5.69 Å². The number of carboxylic acids is 1. The molecule has 138 valence electrons. The molecule has 1 aromatic heterocycles. The molecule has 0 fully saturated rings. The highest BCUT2D eigenvalue weighted by molar-refractivity contribution is 5.96. The van der Waals surface area contributed by atoms with E-state index in [1.54, 1.807) is 4.57 Å². The molecule has 0 spiro atoms. The van der Waals surface area contributed by atoms with Crippen molar-refractivity contribution in [1.82, 2.24) is 20.2 Å². The molecular weight excluding hydrogens is 336 g/mol. The average molecular weight is 358 g/mol. The van der Waals surface area contributed by atoms with Gasteiger partial charge in [0.2, 0.25) is 5.91 Å². The van der Waals surface area contributed by atoms with Crippen molar-refractivity contribution in [2.75, 3.05) is 6.54 Å². The van der Waals surface area contributed by atoms with E-state index in [4.69, 9.17) is 5.11 Å². The molecule has 2 aromatic rings. The maximum absolute atomic E-state index is 12.3. The Hall–Kier alpha value is -3.16. The molecule has 0 unspecified atom stereocenters. The second kappa shape index (κ2) is 8.80. The molecule has 1 aromatic carbocycles. The molecule has 0 saturated carbocycles. The highest BCUT2D eigenvalue weighted by Gasteiger charge is 2.21. The van der Waals surface area contributed by atoms with Gasteiger partial charge in [-0.1, -0.05) is 32.0 Å². The average Bonchev–Trinajstić information content (AvgIpc) is 3.09. The lowest BCUT2D eigenvalue weighted by Crippen LogP contribution is -2.46. The number of benzene rings is 1. The minimum atomic E-state index is -1.10. The number of imidazole rings is 1. The molecule has 1 heterocycles. The molecule has 3 N–H and O–H groups in total. The lowest BCUT2D eigenvalue weighted by atomic mass is 10.0. The van der Waals surface area contributed by atoms with Gasteiger partial charge >= 0.3 is 5.97 Å². The molecule has 0 aliphatic heterocycles. The quantitative estimate of drug-likeness (QED) is 0.657. The summed E-state index contributed by atoms with van der Waals surface area (Å²) in [4.78, 5) is 39.4. The smallest absolute Gasteiger partial charge is 0.326 e. The van der Waals surface area contributed by atoms with Crippen LogP contribution in [0.15, 0.2) is 42.9 Å². The van der Waals surface area contributed by atoms with Crippen molar-refractivity contribution in [1.29, 1.82) is 0 Å². The maximum Gasteiger partial charge on any atom is 0.326 e. The third kappa shape index (κ3) is 5.17. The molecule has 26 heavy (non-hydrogen) atoms. The van der Waals surface area contributed by atoms with E-state index in [-0.39, 0.29) is 18.2 Å². The van der Waals surface area contributed by atoms with Gasteiger partial charge in [0.1, 0.15) is 11.7 Å². The predicted octanol–water partition coefficient (Wildman–Crippen LogP) is 1.22. The zero-order valence-corrected chi connectivity index (χ0v) is 14.7. The van der Waals surface area contributed by atoms with E-state index in [0.29, 0.717) is 6.42 Å². The Morgan fingerprint density at radius 3 is 2.50 bits per heavy atom. The highest BCUT2D eigenvalue weighted by Crippen LogP contribution is 2.10. The SMILES string of the molecule is CC(C)C[C@H](NC(=O)CNC(=O)c1cncn1-c1ccccc1)C(=O)O. The minimum absolute atomic E-state index is 0.117. The third-order valence-electron chi connectivity index (χ3n) is 3.66. The number of carbonyl (C=O) groups is 3. The maximum atomic E-state index is 12.3. The first kappa shape index (κ1) is 19.2. The lowest BCUT2D eigenvalue weighted by molar-refractivity contribution is -0.142. The van der Waals surface area contributed by atoms with E-state index < -0.39 is 23.8 Å². The molecule has 2 amide bonds. The molecule has 0 saturated heterocycles. The van der Waals surface area contributed by atoms with Crippen LogP contribution >= 0.6 is 0 Å². The van der Waals surface area contributed by atoms with Crippen molar-refractivity contribution in [2.24, 2.45) is 5.92 Å². The Labute approximate surface area is 151 Å². The lowest BCUT2D eigenvalue weighted by Gasteiger charge is -2.16. The van der Waals surface area contributed by atoms with Gasteiger partial charge in [-0.15, -0.1) is 0 Å². The fourth-order valence-corrected chi connectivity index (χ4v) is 2.45. The summed E-state index contributed by atoms with van der Waals surface area (Å²) in [5.74, 6) is -2.01. The first-order valence-electron chi connectivity index (χ1n) is 8.26. The summed E-state index contributed by atoms with van der Waals surface area (Å²) in [5, 5.41) is 14.1. The molecule has 0 aliphatic rings. The number of amides is 2. The molecule has 8 nitrogen and oxygen atoms in total. The van der Waals surface area contributed by atoms with Crippen LogP contribution < -0.4 is 10.6 Å². The minimum Gasteiger partial charge on any atom is -0.480 e. The monoisotopic (exact) mass is 358 g/mol. The Balaban J connectivity index is 1.96. The molecule has 1 atom stereocenters. The third-order valence-corrected chi connectivity index (χ3v) is 3.66. The summed E-state index contributed by atoms with van der Waals surface area (Å²) in [6, 6.07) is 8.22. The van der Waals surface area contributed by atoms with Gasteiger partial charge in [-0.3, -0.25) is 14.2 Å². The van der Waals surface area contributed by atoms with Crippen molar-refractivity contribution in [3.63, 3.8) is 0 Å². The summed E-state index contributed by atoms with van der Waals surface area (Å²) in [5.41, 5.74) is 1.04. The van der Waals surface area contributed by atoms with Crippen LogP contribution in [0.1, 0.15) is 30.8 Å². The summed E-state index contributed by atoms with van der Waals surface area (Å²) in [6.07, 6.45) is 3.22. The number of nitrogens with one attached hydrogen (secondary N) is 2. The van der Waals surface area contributed by atoms with Crippen LogP contribution in [0.5, 0.6) is 0 Å². The van der Waals surface area contributed by atoms with Gasteiger partial charge in [-0.05, 0) is 24.5 Å². The van der Waals surface area contributed by atoms with E-state index in [1.165, 1.54) is 12.5 Å². The summed E-state index contributed by atoms with van der Waals surface area (Å²) in [6.45, 7) is 3.42. The number of hydrogen-bond acceptors (Lipinski definition) is 4. The Kier molecular flexibility index (Phi) is 6.48. The van der Waals surface area contributed by atoms with Crippen LogP contribution in [0.3, 0.4) is 0 Å². The number of hydrogen-bond donors (Lipinski definition) is 3. The van der Waals surface area contributed by atoms with Crippen LogP contribution in [0, 0.1) is 5.92 Å². The second-order valence-electron chi connectivity index (χ2n) is 6.25. The van der Waals surface area contributed by atoms with Crippen LogP contribution in [-0.4, -0.2) is 45.0 Å². The van der Waals surface area contributed by atoms with Crippen molar-refractivity contribution in [3.05, 3.63) is 48.5 Å². The van der Waals surface area contributed by atoms with Crippen LogP contribution in [0.4, 0.5) is 0 Å². The first-order valence-corrected chi connectivity index (χ1v) is 8.26. The number of carbonyl (C=O) groups excluding carboxylic acids is 2. The van der Waals surface area contributed by atoms with Crippen molar-refractivity contribution in [3.8, 4) is 5.69 Å². The largest absolute Gasteiger partial charge is 0.480 e. The molecule has 2 rings (SSSR count). The molecular formula is C18H22N4O4. The fraction of sp³-hybridized carbons (Fsp3) is 0.333. The number of carboxylic acid groups (broad SMARTS) is 1. The summed E-state index contributed by atoms with van der Waals surface area (Å²) < 4.78 is 1.60. The molecule has 0 bridgehead atoms. The number of rotatable bonds is 8. The Morgan fingerprint density at radius 1 is 1.19 bits per heavy atom. The second-order valence-corrected chi connectivity index (χ2v) is 6.25. The fourth-order valence-electron chi connectivity index (χ4n) is 2.45. The van der Waals surface area contributed by atoms with Gasteiger partial charge in [-0.2, -0.15) is 0 Å². The van der Waals surface area contributed by atoms with Crippen molar-refractivity contribution < 1.29 is 19.5 Å². The topological polar surface area (TPSA) is 113 Å². The van der Waals surface area contributed by atoms with E-state index in [9.17, 15) is 14.4 Å². The number of para-hydroxylation sites is 1.